The second-order valence-electron chi connectivity index (χ2n) is 6.28. The molecule has 0 bridgehead atoms. The zero-order valence-electron chi connectivity index (χ0n) is 14.9. The summed E-state index contributed by atoms with van der Waals surface area (Å²) < 4.78 is 5.81. The first-order valence-corrected chi connectivity index (χ1v) is 8.68. The van der Waals surface area contributed by atoms with Crippen molar-refractivity contribution in [1.29, 1.82) is 0 Å². The van der Waals surface area contributed by atoms with Gasteiger partial charge in [-0.15, -0.1) is 0 Å². The number of carbonyl (C=O) groups excluding carboxylic acids is 1. The van der Waals surface area contributed by atoms with Crippen LogP contribution in [0.1, 0.15) is 13.8 Å². The number of Topliss-reactive ketones (excluding diaryl/α,β-unsaturated/α-hetero) is 1. The highest BCUT2D eigenvalue weighted by Gasteiger charge is 2.25. The molecular weight excluding hydrogens is 318 g/mol. The molecule has 2 N–H and O–H groups in total. The molecule has 0 saturated carbocycles. The number of hydrogen-bond acceptors (Lipinski definition) is 5. The van der Waals surface area contributed by atoms with Crippen molar-refractivity contribution in [2.24, 2.45) is 5.92 Å². The summed E-state index contributed by atoms with van der Waals surface area (Å²) in [6.45, 7) is 4.60. The highest BCUT2D eigenvalue weighted by molar-refractivity contribution is 5.86. The first kappa shape index (κ1) is 19.4. The smallest absolute Gasteiger partial charge is 0.155 e. The molecule has 5 nitrogen and oxygen atoms in total. The maximum Gasteiger partial charge on any atom is 0.155 e. The number of nitrogens with zero attached hydrogens (tertiary/aromatic N) is 1. The molecule has 5 heteroatoms. The van der Waals surface area contributed by atoms with Gasteiger partial charge in [-0.1, -0.05) is 37.3 Å². The topological polar surface area (TPSA) is 70.0 Å². The Kier molecular flexibility index (Phi) is 7.37. The fourth-order valence-electron chi connectivity index (χ4n) is 2.91. The predicted octanol–water partition coefficient (Wildman–Crippen LogP) is 2.10. The molecule has 0 amide bonds. The Morgan fingerprint density at radius 1 is 1.04 bits per heavy atom. The number of fused-ring (bicyclic) bond motifs is 1. The lowest BCUT2D eigenvalue weighted by atomic mass is 10.0. The molecule has 0 aromatic heterocycles. The molecule has 0 heterocycles. The summed E-state index contributed by atoms with van der Waals surface area (Å²) in [5.74, 6) is 0.512. The van der Waals surface area contributed by atoms with Crippen LogP contribution < -0.4 is 4.74 Å². The van der Waals surface area contributed by atoms with Gasteiger partial charge in [0.25, 0.3) is 0 Å². The largest absolute Gasteiger partial charge is 0.493 e. The van der Waals surface area contributed by atoms with Crippen molar-refractivity contribution >= 4 is 16.6 Å². The van der Waals surface area contributed by atoms with E-state index in [1.165, 1.54) is 0 Å². The maximum absolute atomic E-state index is 12.6. The third kappa shape index (κ3) is 5.26. The van der Waals surface area contributed by atoms with Crippen LogP contribution in [-0.2, 0) is 4.79 Å². The zero-order chi connectivity index (χ0) is 18.2. The molecular formula is C20H27NO4. The lowest BCUT2D eigenvalue weighted by molar-refractivity contribution is -0.128. The van der Waals surface area contributed by atoms with E-state index >= 15 is 0 Å². The van der Waals surface area contributed by atoms with Crippen molar-refractivity contribution in [2.75, 3.05) is 32.9 Å². The Balaban J connectivity index is 1.95. The molecule has 0 saturated heterocycles. The van der Waals surface area contributed by atoms with Crippen molar-refractivity contribution in [1.82, 2.24) is 4.90 Å². The quantitative estimate of drug-likeness (QED) is 0.690. The Labute approximate surface area is 148 Å². The first-order chi connectivity index (χ1) is 12.1. The van der Waals surface area contributed by atoms with Crippen molar-refractivity contribution in [3.8, 4) is 5.75 Å². The van der Waals surface area contributed by atoms with Gasteiger partial charge in [0.2, 0.25) is 0 Å². The van der Waals surface area contributed by atoms with Gasteiger partial charge in [0.1, 0.15) is 5.75 Å². The van der Waals surface area contributed by atoms with Crippen molar-refractivity contribution < 1.29 is 19.7 Å². The van der Waals surface area contributed by atoms with Gasteiger partial charge in [-0.25, -0.2) is 0 Å². The van der Waals surface area contributed by atoms with Crippen LogP contribution in [0, 0.1) is 5.92 Å². The minimum absolute atomic E-state index is 0.0421. The van der Waals surface area contributed by atoms with Crippen LogP contribution in [0.4, 0.5) is 0 Å². The van der Waals surface area contributed by atoms with Gasteiger partial charge in [0, 0.05) is 13.1 Å². The minimum atomic E-state index is -0.366. The molecule has 25 heavy (non-hydrogen) atoms. The van der Waals surface area contributed by atoms with Gasteiger partial charge >= 0.3 is 0 Å². The second-order valence-corrected chi connectivity index (χ2v) is 6.28. The average molecular weight is 345 g/mol. The molecule has 2 aromatic rings. The molecule has 2 unspecified atom stereocenters. The van der Waals surface area contributed by atoms with E-state index in [1.807, 2.05) is 49.4 Å². The highest BCUT2D eigenvalue weighted by atomic mass is 16.5. The molecule has 0 aliphatic heterocycles. The number of aliphatic hydroxyl groups excluding tert-OH is 2. The predicted molar refractivity (Wildman–Crippen MR) is 98.8 cm³/mol. The van der Waals surface area contributed by atoms with Crippen molar-refractivity contribution in [3.63, 3.8) is 0 Å². The molecule has 0 fully saturated rings. The molecule has 0 aliphatic rings. The van der Waals surface area contributed by atoms with Crippen LogP contribution in [0.15, 0.2) is 42.5 Å². The van der Waals surface area contributed by atoms with Gasteiger partial charge in [-0.2, -0.15) is 0 Å². The molecule has 0 radical (unpaired) electrons. The average Bonchev–Trinajstić information content (AvgIpc) is 2.64. The van der Waals surface area contributed by atoms with E-state index in [1.54, 1.807) is 11.8 Å². The van der Waals surface area contributed by atoms with Crippen LogP contribution in [0.2, 0.25) is 0 Å². The standard InChI is InChI=1S/C20H27NO4/c1-15(20(24)16(2)21(9-11-22)10-12-23)14-25-19-8-7-17-5-3-4-6-18(17)13-19/h3-8,13,15-16,22-23H,9-12,14H2,1-2H3. The number of hydrogen-bond donors (Lipinski definition) is 2. The Morgan fingerprint density at radius 2 is 1.68 bits per heavy atom. The summed E-state index contributed by atoms with van der Waals surface area (Å²) in [5, 5.41) is 20.5. The van der Waals surface area contributed by atoms with Gasteiger partial charge < -0.3 is 14.9 Å². The molecule has 0 spiro atoms. The Bertz CT molecular complexity index is 682. The maximum atomic E-state index is 12.6. The summed E-state index contributed by atoms with van der Waals surface area (Å²) in [6, 6.07) is 13.6. The molecule has 2 atom stereocenters. The van der Waals surface area contributed by atoms with Gasteiger partial charge in [-0.3, -0.25) is 9.69 Å². The molecule has 136 valence electrons. The number of ketones is 1. The van der Waals surface area contributed by atoms with Crippen LogP contribution in [0.25, 0.3) is 10.8 Å². The summed E-state index contributed by atoms with van der Waals surface area (Å²) in [6.07, 6.45) is 0. The Morgan fingerprint density at radius 3 is 2.32 bits per heavy atom. The second kappa shape index (κ2) is 9.51. The van der Waals surface area contributed by atoms with E-state index in [0.29, 0.717) is 19.7 Å². The summed E-state index contributed by atoms with van der Waals surface area (Å²) >= 11 is 0. The number of aliphatic hydroxyl groups is 2. The lowest BCUT2D eigenvalue weighted by Gasteiger charge is -2.28. The van der Waals surface area contributed by atoms with E-state index in [9.17, 15) is 4.79 Å². The number of rotatable bonds is 10. The summed E-state index contributed by atoms with van der Waals surface area (Å²) in [4.78, 5) is 14.4. The molecule has 2 aromatic carbocycles. The number of ether oxygens (including phenoxy) is 1. The third-order valence-corrected chi connectivity index (χ3v) is 4.44. The molecule has 0 aliphatic carbocycles. The number of benzene rings is 2. The zero-order valence-corrected chi connectivity index (χ0v) is 14.9. The van der Waals surface area contributed by atoms with Crippen molar-refractivity contribution in [3.05, 3.63) is 42.5 Å². The van der Waals surface area contributed by atoms with Crippen LogP contribution in [0.3, 0.4) is 0 Å². The summed E-state index contributed by atoms with van der Waals surface area (Å²) in [5.41, 5.74) is 0. The monoisotopic (exact) mass is 345 g/mol. The van der Waals surface area contributed by atoms with Gasteiger partial charge in [-0.05, 0) is 29.8 Å². The molecule has 2 rings (SSSR count). The van der Waals surface area contributed by atoms with E-state index in [-0.39, 0.29) is 31.0 Å². The first-order valence-electron chi connectivity index (χ1n) is 8.68. The lowest BCUT2D eigenvalue weighted by Crippen LogP contribution is -2.45. The van der Waals surface area contributed by atoms with Crippen LogP contribution in [0.5, 0.6) is 5.75 Å². The fraction of sp³-hybridized carbons (Fsp3) is 0.450. The number of carbonyl (C=O) groups is 1. The Hall–Kier alpha value is -1.95. The van der Waals surface area contributed by atoms with E-state index in [0.717, 1.165) is 16.5 Å². The van der Waals surface area contributed by atoms with Gasteiger partial charge in [0.05, 0.1) is 31.8 Å². The van der Waals surface area contributed by atoms with Crippen molar-refractivity contribution in [2.45, 2.75) is 19.9 Å². The normalized spacial score (nSPS) is 13.8. The minimum Gasteiger partial charge on any atom is -0.493 e. The van der Waals surface area contributed by atoms with Crippen LogP contribution in [-0.4, -0.2) is 59.8 Å². The van der Waals surface area contributed by atoms with E-state index in [4.69, 9.17) is 14.9 Å². The highest BCUT2D eigenvalue weighted by Crippen LogP contribution is 2.21. The SMILES string of the molecule is CC(COc1ccc2ccccc2c1)C(=O)C(C)N(CCO)CCO. The van der Waals surface area contributed by atoms with E-state index < -0.39 is 0 Å². The van der Waals surface area contributed by atoms with Gasteiger partial charge in [0.15, 0.2) is 5.78 Å². The summed E-state index contributed by atoms with van der Waals surface area (Å²) in [7, 11) is 0. The third-order valence-electron chi connectivity index (χ3n) is 4.44. The van der Waals surface area contributed by atoms with Crippen LogP contribution >= 0.6 is 0 Å². The fourth-order valence-corrected chi connectivity index (χ4v) is 2.91. The van der Waals surface area contributed by atoms with E-state index in [2.05, 4.69) is 0 Å².